The first-order valence-corrected chi connectivity index (χ1v) is 5.69. The summed E-state index contributed by atoms with van der Waals surface area (Å²) in [4.78, 5) is 7.43. The van der Waals surface area contributed by atoms with E-state index in [-0.39, 0.29) is 0 Å². The number of anilines is 1. The number of halogens is 1. The summed E-state index contributed by atoms with van der Waals surface area (Å²) < 4.78 is 12.9. The molecule has 1 aliphatic heterocycles. The van der Waals surface area contributed by atoms with E-state index in [0.717, 1.165) is 12.8 Å². The van der Waals surface area contributed by atoms with Crippen LogP contribution in [0.15, 0.2) is 12.4 Å². The molecule has 88 valence electrons. The molecule has 2 heterocycles. The summed E-state index contributed by atoms with van der Waals surface area (Å²) in [5.74, 6) is 0.0166. The second-order valence-corrected chi connectivity index (χ2v) is 4.37. The molecular formula is C11H17FN4. The summed E-state index contributed by atoms with van der Waals surface area (Å²) in [6.45, 7) is 4.33. The third-order valence-electron chi connectivity index (χ3n) is 3.07. The molecule has 2 unspecified atom stereocenters. The standard InChI is InChI=1S/C11H17FN4/c1-8-4-3-5-9(2)16(8)15-11-6-10(12)13-7-14-11/h6-9H,3-5H2,1-2H3,(H,13,14,15). The van der Waals surface area contributed by atoms with Crippen molar-refractivity contribution in [2.24, 2.45) is 0 Å². The molecule has 0 bridgehead atoms. The summed E-state index contributed by atoms with van der Waals surface area (Å²) in [6, 6.07) is 2.21. The number of hydrogen-bond donors (Lipinski definition) is 1. The Kier molecular flexibility index (Phi) is 3.33. The molecule has 0 aromatic carbocycles. The molecule has 2 rings (SSSR count). The van der Waals surface area contributed by atoms with Crippen LogP contribution in [0.4, 0.5) is 10.2 Å². The lowest BCUT2D eigenvalue weighted by molar-refractivity contribution is 0.135. The van der Waals surface area contributed by atoms with Crippen molar-refractivity contribution in [2.75, 3.05) is 5.43 Å². The van der Waals surface area contributed by atoms with Crippen molar-refractivity contribution in [2.45, 2.75) is 45.2 Å². The first kappa shape index (κ1) is 11.3. The van der Waals surface area contributed by atoms with Crippen molar-refractivity contribution in [3.05, 3.63) is 18.3 Å². The summed E-state index contributed by atoms with van der Waals surface area (Å²) >= 11 is 0. The van der Waals surface area contributed by atoms with Crippen LogP contribution in [0.2, 0.25) is 0 Å². The van der Waals surface area contributed by atoms with E-state index in [9.17, 15) is 4.39 Å². The largest absolute Gasteiger partial charge is 0.302 e. The van der Waals surface area contributed by atoms with E-state index in [2.05, 4.69) is 34.3 Å². The van der Waals surface area contributed by atoms with Crippen molar-refractivity contribution in [3.63, 3.8) is 0 Å². The van der Waals surface area contributed by atoms with E-state index in [1.54, 1.807) is 0 Å². The highest BCUT2D eigenvalue weighted by molar-refractivity contribution is 5.31. The van der Waals surface area contributed by atoms with Crippen molar-refractivity contribution in [1.82, 2.24) is 15.0 Å². The van der Waals surface area contributed by atoms with Gasteiger partial charge in [-0.1, -0.05) is 6.42 Å². The van der Waals surface area contributed by atoms with E-state index in [0.29, 0.717) is 17.9 Å². The zero-order chi connectivity index (χ0) is 11.5. The van der Waals surface area contributed by atoms with Gasteiger partial charge < -0.3 is 5.43 Å². The van der Waals surface area contributed by atoms with Crippen LogP contribution in [0.3, 0.4) is 0 Å². The molecule has 0 saturated carbocycles. The Balaban J connectivity index is 2.07. The maximum Gasteiger partial charge on any atom is 0.218 e. The lowest BCUT2D eigenvalue weighted by Crippen LogP contribution is -2.47. The Labute approximate surface area is 94.9 Å². The highest BCUT2D eigenvalue weighted by Gasteiger charge is 2.24. The van der Waals surface area contributed by atoms with Gasteiger partial charge in [-0.2, -0.15) is 4.39 Å². The third kappa shape index (κ3) is 2.47. The summed E-state index contributed by atoms with van der Waals surface area (Å²) in [5.41, 5.74) is 3.16. The molecule has 1 aromatic heterocycles. The lowest BCUT2D eigenvalue weighted by atomic mass is 10.00. The van der Waals surface area contributed by atoms with Crippen LogP contribution in [0, 0.1) is 5.95 Å². The molecule has 0 aliphatic carbocycles. The molecule has 1 saturated heterocycles. The minimum Gasteiger partial charge on any atom is -0.302 e. The average Bonchev–Trinajstić information content (AvgIpc) is 2.24. The lowest BCUT2D eigenvalue weighted by Gasteiger charge is -2.39. The minimum absolute atomic E-state index is 0.446. The van der Waals surface area contributed by atoms with Crippen LogP contribution >= 0.6 is 0 Å². The number of hydrazine groups is 1. The normalized spacial score (nSPS) is 26.7. The highest BCUT2D eigenvalue weighted by Crippen LogP contribution is 2.22. The van der Waals surface area contributed by atoms with Crippen LogP contribution < -0.4 is 5.43 Å². The van der Waals surface area contributed by atoms with Crippen molar-refractivity contribution < 1.29 is 4.39 Å². The molecule has 4 nitrogen and oxygen atoms in total. The van der Waals surface area contributed by atoms with Gasteiger partial charge in [-0.25, -0.2) is 15.0 Å². The Morgan fingerprint density at radius 3 is 2.62 bits per heavy atom. The van der Waals surface area contributed by atoms with Gasteiger partial charge in [0.2, 0.25) is 5.95 Å². The summed E-state index contributed by atoms with van der Waals surface area (Å²) in [6.07, 6.45) is 4.80. The number of nitrogens with zero attached hydrogens (tertiary/aromatic N) is 3. The number of aromatic nitrogens is 2. The second kappa shape index (κ2) is 4.74. The first-order valence-electron chi connectivity index (χ1n) is 5.69. The van der Waals surface area contributed by atoms with Crippen molar-refractivity contribution >= 4 is 5.82 Å². The minimum atomic E-state index is -0.505. The average molecular weight is 224 g/mol. The summed E-state index contributed by atoms with van der Waals surface area (Å²) in [7, 11) is 0. The van der Waals surface area contributed by atoms with E-state index in [1.807, 2.05) is 0 Å². The Hall–Kier alpha value is -1.23. The predicted octanol–water partition coefficient (Wildman–Crippen LogP) is 2.21. The number of nitrogens with one attached hydrogen (secondary N) is 1. The van der Waals surface area contributed by atoms with Gasteiger partial charge in [-0.05, 0) is 26.7 Å². The van der Waals surface area contributed by atoms with E-state index in [1.165, 1.54) is 18.8 Å². The topological polar surface area (TPSA) is 41.0 Å². The number of rotatable bonds is 2. The SMILES string of the molecule is CC1CCCC(C)N1Nc1cc(F)ncn1. The molecule has 1 fully saturated rings. The number of piperidine rings is 1. The Morgan fingerprint density at radius 1 is 1.31 bits per heavy atom. The van der Waals surface area contributed by atoms with Crippen LogP contribution in [-0.2, 0) is 0 Å². The van der Waals surface area contributed by atoms with Crippen LogP contribution in [0.25, 0.3) is 0 Å². The molecule has 16 heavy (non-hydrogen) atoms. The van der Waals surface area contributed by atoms with Gasteiger partial charge in [0.25, 0.3) is 0 Å². The van der Waals surface area contributed by atoms with Gasteiger partial charge in [0.1, 0.15) is 12.1 Å². The zero-order valence-electron chi connectivity index (χ0n) is 9.65. The fraction of sp³-hybridized carbons (Fsp3) is 0.636. The third-order valence-corrected chi connectivity index (χ3v) is 3.07. The van der Waals surface area contributed by atoms with Gasteiger partial charge in [-0.15, -0.1) is 0 Å². The molecule has 0 radical (unpaired) electrons. The molecule has 1 N–H and O–H groups in total. The van der Waals surface area contributed by atoms with Gasteiger partial charge in [0, 0.05) is 18.2 Å². The zero-order valence-corrected chi connectivity index (χ0v) is 9.65. The fourth-order valence-corrected chi connectivity index (χ4v) is 2.17. The molecule has 5 heteroatoms. The maximum absolute atomic E-state index is 12.9. The maximum atomic E-state index is 12.9. The van der Waals surface area contributed by atoms with Gasteiger partial charge in [-0.3, -0.25) is 0 Å². The number of hydrogen-bond acceptors (Lipinski definition) is 4. The van der Waals surface area contributed by atoms with Crippen LogP contribution in [-0.4, -0.2) is 27.1 Å². The van der Waals surface area contributed by atoms with Gasteiger partial charge >= 0.3 is 0 Å². The van der Waals surface area contributed by atoms with E-state index < -0.39 is 5.95 Å². The molecular weight excluding hydrogens is 207 g/mol. The van der Waals surface area contributed by atoms with E-state index >= 15 is 0 Å². The Bertz CT molecular complexity index is 348. The monoisotopic (exact) mass is 224 g/mol. The molecule has 1 aliphatic rings. The van der Waals surface area contributed by atoms with Gasteiger partial charge in [0.15, 0.2) is 0 Å². The first-order chi connectivity index (χ1) is 7.66. The van der Waals surface area contributed by atoms with Crippen molar-refractivity contribution in [3.8, 4) is 0 Å². The van der Waals surface area contributed by atoms with Crippen molar-refractivity contribution in [1.29, 1.82) is 0 Å². The van der Waals surface area contributed by atoms with E-state index in [4.69, 9.17) is 0 Å². The molecule has 0 spiro atoms. The van der Waals surface area contributed by atoms with Gasteiger partial charge in [0.05, 0.1) is 0 Å². The molecule has 2 atom stereocenters. The summed E-state index contributed by atoms with van der Waals surface area (Å²) in [5, 5.41) is 2.14. The molecule has 1 aromatic rings. The van der Waals surface area contributed by atoms with Crippen LogP contribution in [0.5, 0.6) is 0 Å². The second-order valence-electron chi connectivity index (χ2n) is 4.37. The fourth-order valence-electron chi connectivity index (χ4n) is 2.17. The molecule has 0 amide bonds. The quantitative estimate of drug-likeness (QED) is 0.782. The smallest absolute Gasteiger partial charge is 0.218 e. The Morgan fingerprint density at radius 2 is 2.00 bits per heavy atom. The highest BCUT2D eigenvalue weighted by atomic mass is 19.1. The predicted molar refractivity (Wildman–Crippen MR) is 60.2 cm³/mol. The van der Waals surface area contributed by atoms with Crippen LogP contribution in [0.1, 0.15) is 33.1 Å².